The molecule has 0 fully saturated rings. The lowest BCUT2D eigenvalue weighted by molar-refractivity contribution is -0.115. The van der Waals surface area contributed by atoms with Crippen LogP contribution in [0.3, 0.4) is 0 Å². The van der Waals surface area contributed by atoms with Gasteiger partial charge in [-0.15, -0.1) is 0 Å². The Hall–Kier alpha value is -2.43. The molecule has 5 nitrogen and oxygen atoms in total. The fourth-order valence-corrected chi connectivity index (χ4v) is 1.60. The summed E-state index contributed by atoms with van der Waals surface area (Å²) >= 11 is 0. The molecule has 1 aromatic heterocycles. The molecule has 0 unspecified atom stereocenters. The number of carbonyl (C=O) groups is 1. The summed E-state index contributed by atoms with van der Waals surface area (Å²) in [7, 11) is 3.73. The van der Waals surface area contributed by atoms with Crippen LogP contribution in [-0.2, 0) is 11.2 Å². The zero-order chi connectivity index (χ0) is 13.7. The Kier molecular flexibility index (Phi) is 4.07. The van der Waals surface area contributed by atoms with Crippen LogP contribution in [0.4, 0.5) is 11.6 Å². The van der Waals surface area contributed by atoms with E-state index in [4.69, 9.17) is 0 Å². The number of aromatic nitrogens is 2. The maximum atomic E-state index is 11.8. The molecule has 0 atom stereocenters. The molecule has 0 saturated heterocycles. The third kappa shape index (κ3) is 3.77. The highest BCUT2D eigenvalue weighted by Gasteiger charge is 2.05. The van der Waals surface area contributed by atoms with E-state index in [0.29, 0.717) is 18.1 Å². The second-order valence-corrected chi connectivity index (χ2v) is 4.38. The van der Waals surface area contributed by atoms with Crippen molar-refractivity contribution in [3.8, 4) is 0 Å². The van der Waals surface area contributed by atoms with Gasteiger partial charge in [-0.1, -0.05) is 30.3 Å². The van der Waals surface area contributed by atoms with E-state index in [2.05, 4.69) is 15.3 Å². The van der Waals surface area contributed by atoms with Gasteiger partial charge in [-0.05, 0) is 5.56 Å². The number of nitrogens with zero attached hydrogens (tertiary/aromatic N) is 3. The molecule has 1 aromatic carbocycles. The Morgan fingerprint density at radius 2 is 1.79 bits per heavy atom. The minimum atomic E-state index is -0.0765. The van der Waals surface area contributed by atoms with E-state index in [1.165, 1.54) is 0 Å². The van der Waals surface area contributed by atoms with Crippen molar-refractivity contribution >= 4 is 17.5 Å². The summed E-state index contributed by atoms with van der Waals surface area (Å²) in [6.07, 6.45) is 3.55. The Bertz CT molecular complexity index is 537. The zero-order valence-electron chi connectivity index (χ0n) is 11.0. The molecule has 1 heterocycles. The lowest BCUT2D eigenvalue weighted by atomic mass is 10.1. The molecule has 0 aliphatic heterocycles. The first-order valence-electron chi connectivity index (χ1n) is 5.98. The van der Waals surface area contributed by atoms with Crippen molar-refractivity contribution in [2.24, 2.45) is 0 Å². The highest BCUT2D eigenvalue weighted by Crippen LogP contribution is 2.08. The predicted octanol–water partition coefficient (Wildman–Crippen LogP) is 1.72. The number of benzene rings is 1. The number of hydrogen-bond donors (Lipinski definition) is 1. The Morgan fingerprint density at radius 1 is 1.16 bits per heavy atom. The van der Waals surface area contributed by atoms with E-state index < -0.39 is 0 Å². The molecule has 98 valence electrons. The summed E-state index contributed by atoms with van der Waals surface area (Å²) < 4.78 is 0. The number of carbonyl (C=O) groups excluding carboxylic acids is 1. The van der Waals surface area contributed by atoms with Gasteiger partial charge in [0.05, 0.1) is 24.5 Å². The number of anilines is 2. The Labute approximate surface area is 112 Å². The molecule has 19 heavy (non-hydrogen) atoms. The molecular formula is C14H16N4O. The number of amides is 1. The lowest BCUT2D eigenvalue weighted by Crippen LogP contribution is -2.16. The fraction of sp³-hybridized carbons (Fsp3) is 0.214. The van der Waals surface area contributed by atoms with Crippen LogP contribution < -0.4 is 10.2 Å². The molecule has 1 amide bonds. The first-order chi connectivity index (χ1) is 9.15. The van der Waals surface area contributed by atoms with Crippen LogP contribution in [0.15, 0.2) is 42.7 Å². The van der Waals surface area contributed by atoms with Gasteiger partial charge in [0, 0.05) is 14.1 Å². The Balaban J connectivity index is 1.95. The van der Waals surface area contributed by atoms with Gasteiger partial charge in [0.25, 0.3) is 0 Å². The molecule has 0 aliphatic rings. The highest BCUT2D eigenvalue weighted by molar-refractivity contribution is 5.91. The second kappa shape index (κ2) is 5.95. The molecule has 0 spiro atoms. The predicted molar refractivity (Wildman–Crippen MR) is 75.1 cm³/mol. The summed E-state index contributed by atoms with van der Waals surface area (Å²) in [4.78, 5) is 21.9. The maximum absolute atomic E-state index is 11.8. The summed E-state index contributed by atoms with van der Waals surface area (Å²) in [6, 6.07) is 9.60. The first-order valence-corrected chi connectivity index (χ1v) is 5.98. The van der Waals surface area contributed by atoms with Gasteiger partial charge < -0.3 is 10.2 Å². The molecule has 2 rings (SSSR count). The number of nitrogens with one attached hydrogen (secondary N) is 1. The van der Waals surface area contributed by atoms with Crippen molar-refractivity contribution in [1.82, 2.24) is 9.97 Å². The van der Waals surface area contributed by atoms with Gasteiger partial charge in [0.15, 0.2) is 0 Å². The van der Waals surface area contributed by atoms with Crippen LogP contribution >= 0.6 is 0 Å². The van der Waals surface area contributed by atoms with Gasteiger partial charge in [-0.25, -0.2) is 9.97 Å². The summed E-state index contributed by atoms with van der Waals surface area (Å²) in [5.41, 5.74) is 1.58. The fourth-order valence-electron chi connectivity index (χ4n) is 1.60. The van der Waals surface area contributed by atoms with Gasteiger partial charge in [0.1, 0.15) is 0 Å². The summed E-state index contributed by atoms with van der Waals surface area (Å²) in [5, 5.41) is 2.77. The normalized spacial score (nSPS) is 10.0. The summed E-state index contributed by atoms with van der Waals surface area (Å²) in [6.45, 7) is 0. The highest BCUT2D eigenvalue weighted by atomic mass is 16.1. The molecule has 0 aliphatic carbocycles. The monoisotopic (exact) mass is 256 g/mol. The van der Waals surface area contributed by atoms with Crippen LogP contribution in [0.1, 0.15) is 5.56 Å². The van der Waals surface area contributed by atoms with E-state index in [1.807, 2.05) is 44.4 Å². The molecule has 0 saturated carbocycles. The molecular weight excluding hydrogens is 240 g/mol. The molecule has 5 heteroatoms. The van der Waals surface area contributed by atoms with Crippen LogP contribution in [0.5, 0.6) is 0 Å². The average molecular weight is 256 g/mol. The second-order valence-electron chi connectivity index (χ2n) is 4.38. The molecule has 2 aromatic rings. The van der Waals surface area contributed by atoms with Gasteiger partial charge in [-0.2, -0.15) is 0 Å². The van der Waals surface area contributed by atoms with Crippen LogP contribution in [0, 0.1) is 0 Å². The van der Waals surface area contributed by atoms with E-state index in [-0.39, 0.29) is 5.91 Å². The molecule has 0 bridgehead atoms. The van der Waals surface area contributed by atoms with Crippen LogP contribution in [-0.4, -0.2) is 30.0 Å². The van der Waals surface area contributed by atoms with Gasteiger partial charge in [0.2, 0.25) is 11.9 Å². The SMILES string of the molecule is CN(C)c1ncc(NC(=O)Cc2ccccc2)cn1. The van der Waals surface area contributed by atoms with E-state index in [0.717, 1.165) is 5.56 Å². The van der Waals surface area contributed by atoms with E-state index >= 15 is 0 Å². The topological polar surface area (TPSA) is 58.1 Å². The third-order valence-corrected chi connectivity index (χ3v) is 2.53. The largest absolute Gasteiger partial charge is 0.347 e. The standard InChI is InChI=1S/C14H16N4O/c1-18(2)14-15-9-12(10-16-14)17-13(19)8-11-6-4-3-5-7-11/h3-7,9-10H,8H2,1-2H3,(H,17,19). The van der Waals surface area contributed by atoms with Gasteiger partial charge >= 0.3 is 0 Å². The number of hydrogen-bond acceptors (Lipinski definition) is 4. The molecule has 1 N–H and O–H groups in total. The average Bonchev–Trinajstić information content (AvgIpc) is 2.40. The van der Waals surface area contributed by atoms with Crippen molar-refractivity contribution < 1.29 is 4.79 Å². The minimum Gasteiger partial charge on any atom is -0.347 e. The summed E-state index contributed by atoms with van der Waals surface area (Å²) in [5.74, 6) is 0.536. The van der Waals surface area contributed by atoms with Crippen molar-refractivity contribution in [3.63, 3.8) is 0 Å². The first kappa shape index (κ1) is 13.0. The minimum absolute atomic E-state index is 0.0765. The van der Waals surface area contributed by atoms with Gasteiger partial charge in [-0.3, -0.25) is 4.79 Å². The Morgan fingerprint density at radius 3 is 2.37 bits per heavy atom. The van der Waals surface area contributed by atoms with Crippen molar-refractivity contribution in [1.29, 1.82) is 0 Å². The zero-order valence-corrected chi connectivity index (χ0v) is 11.0. The van der Waals surface area contributed by atoms with Crippen molar-refractivity contribution in [2.75, 3.05) is 24.3 Å². The lowest BCUT2D eigenvalue weighted by Gasteiger charge is -2.10. The molecule has 0 radical (unpaired) electrons. The quantitative estimate of drug-likeness (QED) is 0.905. The van der Waals surface area contributed by atoms with Crippen molar-refractivity contribution in [3.05, 3.63) is 48.3 Å². The van der Waals surface area contributed by atoms with E-state index in [1.54, 1.807) is 17.3 Å². The number of rotatable bonds is 4. The van der Waals surface area contributed by atoms with Crippen LogP contribution in [0.2, 0.25) is 0 Å². The maximum Gasteiger partial charge on any atom is 0.228 e. The van der Waals surface area contributed by atoms with E-state index in [9.17, 15) is 4.79 Å². The van der Waals surface area contributed by atoms with Crippen LogP contribution in [0.25, 0.3) is 0 Å². The smallest absolute Gasteiger partial charge is 0.228 e. The third-order valence-electron chi connectivity index (χ3n) is 2.53. The van der Waals surface area contributed by atoms with Crippen molar-refractivity contribution in [2.45, 2.75) is 6.42 Å².